The smallest absolute Gasteiger partial charge is 0.117 e. The SMILES string of the molecule is CC(C)c1cnn2c1CCCO2. The van der Waals surface area contributed by atoms with E-state index in [0.717, 1.165) is 19.4 Å². The van der Waals surface area contributed by atoms with Crippen LogP contribution in [0.25, 0.3) is 0 Å². The fourth-order valence-electron chi connectivity index (χ4n) is 1.59. The minimum atomic E-state index is 0.551. The Morgan fingerprint density at radius 3 is 3.17 bits per heavy atom. The van der Waals surface area contributed by atoms with Gasteiger partial charge >= 0.3 is 0 Å². The molecule has 0 atom stereocenters. The summed E-state index contributed by atoms with van der Waals surface area (Å²) in [7, 11) is 0. The predicted octanol–water partition coefficient (Wildman–Crippen LogP) is 1.38. The van der Waals surface area contributed by atoms with Gasteiger partial charge in [-0.05, 0) is 24.3 Å². The summed E-state index contributed by atoms with van der Waals surface area (Å²) < 4.78 is 0. The third-order valence-electron chi connectivity index (χ3n) is 2.26. The lowest BCUT2D eigenvalue weighted by Gasteiger charge is -2.16. The molecule has 2 heterocycles. The molecule has 0 bridgehead atoms. The van der Waals surface area contributed by atoms with Gasteiger partial charge in [-0.1, -0.05) is 13.8 Å². The monoisotopic (exact) mass is 166 g/mol. The number of fused-ring (bicyclic) bond motifs is 1. The fourth-order valence-corrected chi connectivity index (χ4v) is 1.59. The van der Waals surface area contributed by atoms with Crippen LogP contribution in [0.15, 0.2) is 6.20 Å². The number of hydrogen-bond donors (Lipinski definition) is 0. The van der Waals surface area contributed by atoms with Crippen LogP contribution in [-0.2, 0) is 6.42 Å². The third-order valence-corrected chi connectivity index (χ3v) is 2.26. The summed E-state index contributed by atoms with van der Waals surface area (Å²) in [5.41, 5.74) is 2.59. The zero-order chi connectivity index (χ0) is 8.55. The van der Waals surface area contributed by atoms with Gasteiger partial charge in [-0.3, -0.25) is 0 Å². The van der Waals surface area contributed by atoms with Crippen LogP contribution in [0.1, 0.15) is 37.4 Å². The van der Waals surface area contributed by atoms with Crippen LogP contribution in [0.3, 0.4) is 0 Å². The van der Waals surface area contributed by atoms with Crippen LogP contribution < -0.4 is 4.84 Å². The first kappa shape index (κ1) is 7.65. The second-order valence-corrected chi connectivity index (χ2v) is 3.51. The summed E-state index contributed by atoms with van der Waals surface area (Å²) in [5.74, 6) is 0.551. The summed E-state index contributed by atoms with van der Waals surface area (Å²) in [6, 6.07) is 0. The zero-order valence-electron chi connectivity index (χ0n) is 7.58. The Balaban J connectivity index is 2.38. The summed E-state index contributed by atoms with van der Waals surface area (Å²) in [4.78, 5) is 7.04. The van der Waals surface area contributed by atoms with Gasteiger partial charge in [0.1, 0.15) is 6.61 Å². The second kappa shape index (κ2) is 2.81. The molecule has 0 aromatic carbocycles. The fraction of sp³-hybridized carbons (Fsp3) is 0.667. The van der Waals surface area contributed by atoms with Crippen molar-refractivity contribution in [2.45, 2.75) is 32.6 Å². The summed E-state index contributed by atoms with van der Waals surface area (Å²) >= 11 is 0. The molecular formula is C9H14N2O. The average Bonchev–Trinajstić information content (AvgIpc) is 2.47. The lowest BCUT2D eigenvalue weighted by Crippen LogP contribution is -2.23. The Hall–Kier alpha value is -0.990. The number of nitrogens with zero attached hydrogens (tertiary/aromatic N) is 2. The molecular weight excluding hydrogens is 152 g/mol. The number of rotatable bonds is 1. The van der Waals surface area contributed by atoms with Crippen molar-refractivity contribution in [3.8, 4) is 0 Å². The average molecular weight is 166 g/mol. The molecule has 12 heavy (non-hydrogen) atoms. The first-order chi connectivity index (χ1) is 5.79. The molecule has 1 aromatic rings. The highest BCUT2D eigenvalue weighted by atomic mass is 16.7. The van der Waals surface area contributed by atoms with Gasteiger partial charge in [0, 0.05) is 0 Å². The minimum absolute atomic E-state index is 0.551. The van der Waals surface area contributed by atoms with Crippen molar-refractivity contribution in [2.24, 2.45) is 0 Å². The topological polar surface area (TPSA) is 27.1 Å². The van der Waals surface area contributed by atoms with Crippen molar-refractivity contribution in [3.05, 3.63) is 17.5 Å². The normalized spacial score (nSPS) is 15.9. The molecule has 0 amide bonds. The molecule has 0 unspecified atom stereocenters. The highest BCUT2D eigenvalue weighted by molar-refractivity contribution is 5.21. The quantitative estimate of drug-likeness (QED) is 0.630. The molecule has 2 rings (SSSR count). The van der Waals surface area contributed by atoms with Gasteiger partial charge in [0.05, 0.1) is 11.9 Å². The van der Waals surface area contributed by atoms with E-state index in [1.165, 1.54) is 11.3 Å². The molecule has 0 saturated carbocycles. The van der Waals surface area contributed by atoms with Crippen LogP contribution in [0.2, 0.25) is 0 Å². The van der Waals surface area contributed by atoms with E-state index in [1.54, 1.807) is 4.85 Å². The van der Waals surface area contributed by atoms with Gasteiger partial charge in [0.15, 0.2) is 0 Å². The predicted molar refractivity (Wildman–Crippen MR) is 46.1 cm³/mol. The molecule has 1 aliphatic rings. The van der Waals surface area contributed by atoms with Gasteiger partial charge in [-0.2, -0.15) is 0 Å². The maximum atomic E-state index is 5.36. The Morgan fingerprint density at radius 2 is 2.42 bits per heavy atom. The Labute approximate surface area is 72.3 Å². The molecule has 0 aliphatic carbocycles. The lowest BCUT2D eigenvalue weighted by molar-refractivity contribution is 0.0553. The van der Waals surface area contributed by atoms with Crippen LogP contribution in [0, 0.1) is 0 Å². The van der Waals surface area contributed by atoms with Crippen LogP contribution in [0.4, 0.5) is 0 Å². The summed E-state index contributed by atoms with van der Waals surface area (Å²) in [6.07, 6.45) is 4.14. The summed E-state index contributed by atoms with van der Waals surface area (Å²) in [6.45, 7) is 5.17. The van der Waals surface area contributed by atoms with Crippen molar-refractivity contribution in [1.29, 1.82) is 0 Å². The minimum Gasteiger partial charge on any atom is -0.396 e. The second-order valence-electron chi connectivity index (χ2n) is 3.51. The molecule has 3 nitrogen and oxygen atoms in total. The molecule has 1 aliphatic heterocycles. The van der Waals surface area contributed by atoms with Crippen molar-refractivity contribution in [3.63, 3.8) is 0 Å². The van der Waals surface area contributed by atoms with E-state index >= 15 is 0 Å². The van der Waals surface area contributed by atoms with E-state index in [9.17, 15) is 0 Å². The molecule has 0 spiro atoms. The first-order valence-electron chi connectivity index (χ1n) is 4.49. The van der Waals surface area contributed by atoms with Crippen molar-refractivity contribution >= 4 is 0 Å². The standard InChI is InChI=1S/C9H14N2O/c1-7(2)8-6-10-11-9(8)4-3-5-12-11/h6-7H,3-5H2,1-2H3. The highest BCUT2D eigenvalue weighted by Crippen LogP contribution is 2.21. The van der Waals surface area contributed by atoms with E-state index in [0.29, 0.717) is 5.92 Å². The first-order valence-corrected chi connectivity index (χ1v) is 4.49. The van der Waals surface area contributed by atoms with E-state index in [-0.39, 0.29) is 0 Å². The molecule has 3 heteroatoms. The van der Waals surface area contributed by atoms with Crippen molar-refractivity contribution < 1.29 is 4.84 Å². The van der Waals surface area contributed by atoms with Crippen LogP contribution in [-0.4, -0.2) is 16.6 Å². The maximum Gasteiger partial charge on any atom is 0.117 e. The van der Waals surface area contributed by atoms with Gasteiger partial charge < -0.3 is 4.84 Å². The third kappa shape index (κ3) is 1.09. The van der Waals surface area contributed by atoms with Crippen molar-refractivity contribution in [2.75, 3.05) is 6.61 Å². The molecule has 66 valence electrons. The van der Waals surface area contributed by atoms with Gasteiger partial charge in [-0.15, -0.1) is 9.94 Å². The van der Waals surface area contributed by atoms with E-state index in [1.807, 2.05) is 6.20 Å². The largest absolute Gasteiger partial charge is 0.396 e. The van der Waals surface area contributed by atoms with E-state index in [2.05, 4.69) is 18.9 Å². The molecule has 0 fully saturated rings. The lowest BCUT2D eigenvalue weighted by atomic mass is 10.0. The molecule has 0 saturated heterocycles. The Kier molecular flexibility index (Phi) is 1.79. The van der Waals surface area contributed by atoms with Gasteiger partial charge in [-0.25, -0.2) is 0 Å². The zero-order valence-corrected chi connectivity index (χ0v) is 7.58. The Bertz CT molecular complexity index is 278. The summed E-state index contributed by atoms with van der Waals surface area (Å²) in [5, 5.41) is 4.17. The van der Waals surface area contributed by atoms with Crippen LogP contribution >= 0.6 is 0 Å². The number of aromatic nitrogens is 2. The Morgan fingerprint density at radius 1 is 1.58 bits per heavy atom. The highest BCUT2D eigenvalue weighted by Gasteiger charge is 2.17. The van der Waals surface area contributed by atoms with E-state index in [4.69, 9.17) is 4.84 Å². The number of hydrogen-bond acceptors (Lipinski definition) is 2. The van der Waals surface area contributed by atoms with Gasteiger partial charge in [0.25, 0.3) is 0 Å². The molecule has 0 radical (unpaired) electrons. The van der Waals surface area contributed by atoms with Gasteiger partial charge in [0.2, 0.25) is 0 Å². The van der Waals surface area contributed by atoms with Crippen molar-refractivity contribution in [1.82, 2.24) is 9.94 Å². The molecule has 1 aromatic heterocycles. The molecule has 0 N–H and O–H groups in total. The maximum absolute atomic E-state index is 5.36. The van der Waals surface area contributed by atoms with E-state index < -0.39 is 0 Å². The van der Waals surface area contributed by atoms with Crippen LogP contribution in [0.5, 0.6) is 0 Å².